The van der Waals surface area contributed by atoms with Gasteiger partial charge in [-0.3, -0.25) is 0 Å². The summed E-state index contributed by atoms with van der Waals surface area (Å²) >= 11 is 0. The Morgan fingerprint density at radius 2 is 0.625 bits per heavy atom. The molecule has 0 N–H and O–H groups in total. The van der Waals surface area contributed by atoms with E-state index >= 15 is 0 Å². The summed E-state index contributed by atoms with van der Waals surface area (Å²) in [5.41, 5.74) is 17.7. The summed E-state index contributed by atoms with van der Waals surface area (Å²) in [5, 5.41) is 0. The quantitative estimate of drug-likeness (QED) is 0.193. The third kappa shape index (κ3) is 2.43. The third-order valence-electron chi connectivity index (χ3n) is 11.1. The van der Waals surface area contributed by atoms with E-state index < -0.39 is 0 Å². The topological polar surface area (TPSA) is 0 Å². The molecular formula is C40H34. The fourth-order valence-electron chi connectivity index (χ4n) is 9.74. The van der Waals surface area contributed by atoms with Gasteiger partial charge >= 0.3 is 0 Å². The molecular weight excluding hydrogens is 480 g/mol. The molecule has 0 nitrogen and oxygen atoms in total. The van der Waals surface area contributed by atoms with Crippen molar-refractivity contribution in [2.45, 2.75) is 62.2 Å². The van der Waals surface area contributed by atoms with Gasteiger partial charge in [0.2, 0.25) is 0 Å². The van der Waals surface area contributed by atoms with Crippen LogP contribution in [0.25, 0.3) is 22.3 Å². The molecule has 0 aromatic heterocycles. The van der Waals surface area contributed by atoms with Crippen molar-refractivity contribution in [1.82, 2.24) is 0 Å². The maximum Gasteiger partial charge on any atom is 0.0474 e. The Hall–Kier alpha value is -3.90. The van der Waals surface area contributed by atoms with Gasteiger partial charge in [-0.15, -0.1) is 0 Å². The van der Waals surface area contributed by atoms with Gasteiger partial charge in [0.15, 0.2) is 0 Å². The van der Waals surface area contributed by atoms with Crippen molar-refractivity contribution in [3.05, 3.63) is 154 Å². The molecule has 40 heavy (non-hydrogen) atoms. The molecule has 0 amide bonds. The number of hydrogen-bond acceptors (Lipinski definition) is 0. The first-order valence-corrected chi connectivity index (χ1v) is 14.9. The molecule has 4 aliphatic carbocycles. The zero-order chi connectivity index (χ0) is 27.1. The van der Waals surface area contributed by atoms with E-state index in [0.717, 1.165) is 12.8 Å². The van der Waals surface area contributed by atoms with E-state index in [4.69, 9.17) is 0 Å². The van der Waals surface area contributed by atoms with Gasteiger partial charge in [-0.2, -0.15) is 0 Å². The van der Waals surface area contributed by atoms with Gasteiger partial charge < -0.3 is 0 Å². The van der Waals surface area contributed by atoms with Crippen molar-refractivity contribution in [3.63, 3.8) is 0 Å². The van der Waals surface area contributed by atoms with Crippen LogP contribution in [-0.4, -0.2) is 0 Å². The Labute approximate surface area is 237 Å². The lowest BCUT2D eigenvalue weighted by molar-refractivity contribution is 0.440. The highest BCUT2D eigenvalue weighted by molar-refractivity contribution is 5.88. The van der Waals surface area contributed by atoms with Crippen LogP contribution < -0.4 is 0 Å². The maximum atomic E-state index is 2.70. The number of hydrogen-bond donors (Lipinski definition) is 0. The van der Waals surface area contributed by atoms with Gasteiger partial charge in [-0.05, 0) is 90.4 Å². The molecule has 0 radical (unpaired) electrons. The number of benzene rings is 5. The molecule has 4 aliphatic rings. The molecule has 2 spiro atoms. The molecule has 0 heteroatoms. The summed E-state index contributed by atoms with van der Waals surface area (Å²) in [6.07, 6.45) is 2.21. The summed E-state index contributed by atoms with van der Waals surface area (Å²) in [6.45, 7) is 9.92. The highest BCUT2D eigenvalue weighted by Gasteiger charge is 2.59. The molecule has 0 atom stereocenters. The van der Waals surface area contributed by atoms with Crippen molar-refractivity contribution in [2.75, 3.05) is 0 Å². The first-order valence-electron chi connectivity index (χ1n) is 14.9. The Morgan fingerprint density at radius 1 is 0.350 bits per heavy atom. The summed E-state index contributed by atoms with van der Waals surface area (Å²) in [7, 11) is 0. The third-order valence-corrected chi connectivity index (χ3v) is 11.1. The Morgan fingerprint density at radius 3 is 0.950 bits per heavy atom. The minimum Gasteiger partial charge on any atom is -0.0619 e. The van der Waals surface area contributed by atoms with Crippen LogP contribution in [0, 0.1) is 0 Å². The minimum absolute atomic E-state index is 0.0756. The van der Waals surface area contributed by atoms with Crippen LogP contribution in [-0.2, 0) is 21.7 Å². The van der Waals surface area contributed by atoms with Crippen LogP contribution in [0.4, 0.5) is 0 Å². The molecule has 9 rings (SSSR count). The van der Waals surface area contributed by atoms with E-state index in [1.54, 1.807) is 11.1 Å². The molecule has 0 fully saturated rings. The molecule has 0 heterocycles. The van der Waals surface area contributed by atoms with Crippen LogP contribution in [0.3, 0.4) is 0 Å². The summed E-state index contributed by atoms with van der Waals surface area (Å²) < 4.78 is 0. The molecule has 0 aliphatic heterocycles. The van der Waals surface area contributed by atoms with Crippen molar-refractivity contribution < 1.29 is 0 Å². The van der Waals surface area contributed by atoms with Crippen LogP contribution >= 0.6 is 0 Å². The summed E-state index contributed by atoms with van der Waals surface area (Å²) in [4.78, 5) is 0. The van der Waals surface area contributed by atoms with E-state index in [-0.39, 0.29) is 21.7 Å². The predicted octanol–water partition coefficient (Wildman–Crippen LogP) is 9.68. The van der Waals surface area contributed by atoms with Crippen molar-refractivity contribution in [2.24, 2.45) is 0 Å². The number of fused-ring (bicyclic) bond motifs is 14. The maximum absolute atomic E-state index is 2.70. The highest BCUT2D eigenvalue weighted by Crippen LogP contribution is 2.67. The first-order chi connectivity index (χ1) is 19.3. The van der Waals surface area contributed by atoms with Crippen LogP contribution in [0.2, 0.25) is 0 Å². The first kappa shape index (κ1) is 22.9. The number of rotatable bonds is 0. The van der Waals surface area contributed by atoms with Gasteiger partial charge in [-0.1, -0.05) is 137 Å². The molecule has 5 aromatic rings. The Balaban J connectivity index is 1.42. The average Bonchev–Trinajstić information content (AvgIpc) is 3.58. The van der Waals surface area contributed by atoms with E-state index in [9.17, 15) is 0 Å². The zero-order valence-electron chi connectivity index (χ0n) is 23.8. The van der Waals surface area contributed by atoms with Crippen LogP contribution in [0.1, 0.15) is 85.0 Å². The fourth-order valence-corrected chi connectivity index (χ4v) is 9.74. The van der Waals surface area contributed by atoms with E-state index in [1.165, 1.54) is 55.6 Å². The molecule has 0 bridgehead atoms. The smallest absolute Gasteiger partial charge is 0.0474 e. The second kappa shape index (κ2) is 7.05. The zero-order valence-corrected chi connectivity index (χ0v) is 23.8. The van der Waals surface area contributed by atoms with Gasteiger partial charge in [0, 0.05) is 10.8 Å². The van der Waals surface area contributed by atoms with Crippen molar-refractivity contribution in [1.29, 1.82) is 0 Å². The van der Waals surface area contributed by atoms with E-state index in [1.807, 2.05) is 0 Å². The monoisotopic (exact) mass is 514 g/mol. The van der Waals surface area contributed by atoms with Gasteiger partial charge in [0.25, 0.3) is 0 Å². The standard InChI is InChI=1S/C40H34/c1-37(2)23-39(29-17-9-5-13-25(29)26-14-6-10-18-30(26)39)35-22-36-34(21-33(35)37)38(3,4)24-40(36)31-19-11-7-15-27(31)28-16-8-12-20-32(28)40/h5-22H,23-24H2,1-4H3. The SMILES string of the molecule is CC1(C)CC2(c3ccccc3-c3ccccc32)c2cc3c(cc21)C(C)(C)CC31c2ccccc2-c2ccccc21. The van der Waals surface area contributed by atoms with E-state index in [2.05, 4.69) is 137 Å². The van der Waals surface area contributed by atoms with Crippen LogP contribution in [0.15, 0.2) is 109 Å². The second-order valence-electron chi connectivity index (χ2n) is 14.1. The largest absolute Gasteiger partial charge is 0.0619 e. The van der Waals surface area contributed by atoms with Gasteiger partial charge in [0.05, 0.1) is 0 Å². The fraction of sp³-hybridized carbons (Fsp3) is 0.250. The van der Waals surface area contributed by atoms with E-state index in [0.29, 0.717) is 0 Å². The highest BCUT2D eigenvalue weighted by atomic mass is 14.6. The molecule has 0 unspecified atom stereocenters. The second-order valence-corrected chi connectivity index (χ2v) is 14.1. The van der Waals surface area contributed by atoms with Crippen LogP contribution in [0.5, 0.6) is 0 Å². The Kier molecular flexibility index (Phi) is 4.03. The molecule has 0 saturated heterocycles. The lowest BCUT2D eigenvalue weighted by Crippen LogP contribution is -2.28. The minimum atomic E-state index is -0.118. The normalized spacial score (nSPS) is 20.1. The van der Waals surface area contributed by atoms with Crippen molar-refractivity contribution >= 4 is 0 Å². The molecule has 0 saturated carbocycles. The Bertz CT molecular complexity index is 1690. The van der Waals surface area contributed by atoms with Gasteiger partial charge in [0.1, 0.15) is 0 Å². The lowest BCUT2D eigenvalue weighted by atomic mass is 9.69. The predicted molar refractivity (Wildman–Crippen MR) is 165 cm³/mol. The summed E-state index contributed by atoms with van der Waals surface area (Å²) in [6, 6.07) is 42.2. The molecule has 194 valence electrons. The van der Waals surface area contributed by atoms with Crippen molar-refractivity contribution in [3.8, 4) is 22.3 Å². The average molecular weight is 515 g/mol. The molecule has 5 aromatic carbocycles. The summed E-state index contributed by atoms with van der Waals surface area (Å²) in [5.74, 6) is 0. The lowest BCUT2D eigenvalue weighted by Gasteiger charge is -2.33. The van der Waals surface area contributed by atoms with Gasteiger partial charge in [-0.25, -0.2) is 0 Å².